The molecule has 0 radical (unpaired) electrons. The van der Waals surface area contributed by atoms with Crippen LogP contribution in [0.2, 0.25) is 0 Å². The van der Waals surface area contributed by atoms with Gasteiger partial charge in [-0.05, 0) is 51.2 Å². The van der Waals surface area contributed by atoms with Crippen LogP contribution in [0.5, 0.6) is 0 Å². The number of hydrogen-bond acceptors (Lipinski definition) is 3. The zero-order valence-electron chi connectivity index (χ0n) is 13.4. The van der Waals surface area contributed by atoms with Crippen LogP contribution in [-0.4, -0.2) is 47.8 Å². The fraction of sp³-hybridized carbons (Fsp3) is 1.00. The van der Waals surface area contributed by atoms with Crippen molar-refractivity contribution in [2.75, 3.05) is 26.2 Å². The summed E-state index contributed by atoms with van der Waals surface area (Å²) < 4.78 is 0. The number of aliphatic hydroxyl groups excluding tert-OH is 1. The summed E-state index contributed by atoms with van der Waals surface area (Å²) in [5.74, 6) is 0.630. The molecule has 0 aliphatic heterocycles. The van der Waals surface area contributed by atoms with Crippen LogP contribution in [0.25, 0.3) is 0 Å². The van der Waals surface area contributed by atoms with Crippen LogP contribution in [0.1, 0.15) is 59.8 Å². The Bertz CT molecular complexity index is 245. The van der Waals surface area contributed by atoms with Crippen LogP contribution in [0.4, 0.5) is 0 Å². The monoisotopic (exact) mass is 270 g/mol. The van der Waals surface area contributed by atoms with E-state index in [1.54, 1.807) is 0 Å². The van der Waals surface area contributed by atoms with E-state index >= 15 is 0 Å². The van der Waals surface area contributed by atoms with Crippen molar-refractivity contribution < 1.29 is 5.11 Å². The lowest BCUT2D eigenvalue weighted by molar-refractivity contribution is 0.103. The van der Waals surface area contributed by atoms with Crippen LogP contribution < -0.4 is 5.32 Å². The molecule has 3 nitrogen and oxygen atoms in total. The average molecular weight is 270 g/mol. The Balaban J connectivity index is 2.54. The summed E-state index contributed by atoms with van der Waals surface area (Å²) in [6, 6.07) is 0.450. The zero-order chi connectivity index (χ0) is 14.3. The van der Waals surface area contributed by atoms with Gasteiger partial charge >= 0.3 is 0 Å². The van der Waals surface area contributed by atoms with Gasteiger partial charge in [-0.15, -0.1) is 0 Å². The smallest absolute Gasteiger partial charge is 0.0616 e. The van der Waals surface area contributed by atoms with E-state index in [2.05, 4.69) is 37.9 Å². The molecule has 0 saturated heterocycles. The molecular formula is C16H34N2O. The number of hydrogen-bond donors (Lipinski definition) is 2. The Hall–Kier alpha value is -0.120. The number of rotatable bonds is 9. The maximum Gasteiger partial charge on any atom is 0.0616 e. The molecule has 3 heteroatoms. The maximum absolute atomic E-state index is 9.89. The third kappa shape index (κ3) is 4.73. The standard InChI is InChI=1S/C16H34N2O/c1-5-11-18(6-2)12-9-15-8-7-10-16(15,13-19)17-14(3)4/h14-15,17,19H,5-13H2,1-4H3. The summed E-state index contributed by atoms with van der Waals surface area (Å²) >= 11 is 0. The fourth-order valence-corrected chi connectivity index (χ4v) is 3.67. The van der Waals surface area contributed by atoms with Gasteiger partial charge in [-0.3, -0.25) is 0 Å². The molecule has 0 bridgehead atoms. The summed E-state index contributed by atoms with van der Waals surface area (Å²) in [4.78, 5) is 2.54. The molecule has 0 aromatic heterocycles. The lowest BCUT2D eigenvalue weighted by Gasteiger charge is -2.38. The fourth-order valence-electron chi connectivity index (χ4n) is 3.67. The van der Waals surface area contributed by atoms with E-state index < -0.39 is 0 Å². The van der Waals surface area contributed by atoms with E-state index in [1.807, 2.05) is 0 Å². The van der Waals surface area contributed by atoms with Gasteiger partial charge in [0.15, 0.2) is 0 Å². The van der Waals surface area contributed by atoms with Crippen LogP contribution >= 0.6 is 0 Å². The first kappa shape index (κ1) is 16.9. The van der Waals surface area contributed by atoms with E-state index in [9.17, 15) is 5.11 Å². The Morgan fingerprint density at radius 3 is 2.58 bits per heavy atom. The van der Waals surface area contributed by atoms with Gasteiger partial charge < -0.3 is 15.3 Å². The van der Waals surface area contributed by atoms with Crippen molar-refractivity contribution in [3.8, 4) is 0 Å². The second-order valence-corrected chi connectivity index (χ2v) is 6.43. The number of nitrogens with one attached hydrogen (secondary N) is 1. The number of aliphatic hydroxyl groups is 1. The van der Waals surface area contributed by atoms with Gasteiger partial charge in [0.25, 0.3) is 0 Å². The minimum absolute atomic E-state index is 0.0141. The summed E-state index contributed by atoms with van der Waals surface area (Å²) in [6.45, 7) is 12.7. The van der Waals surface area contributed by atoms with Crippen LogP contribution in [-0.2, 0) is 0 Å². The van der Waals surface area contributed by atoms with Crippen LogP contribution in [0, 0.1) is 5.92 Å². The summed E-state index contributed by atoms with van der Waals surface area (Å²) in [6.07, 6.45) is 6.10. The molecule has 0 amide bonds. The molecule has 0 heterocycles. The SMILES string of the molecule is CCCN(CC)CCC1CCCC1(CO)NC(C)C. The molecule has 1 rings (SSSR count). The van der Waals surface area contributed by atoms with Gasteiger partial charge in [-0.2, -0.15) is 0 Å². The average Bonchev–Trinajstić information content (AvgIpc) is 2.77. The second kappa shape index (κ2) is 8.23. The van der Waals surface area contributed by atoms with Crippen molar-refractivity contribution >= 4 is 0 Å². The third-order valence-corrected chi connectivity index (χ3v) is 4.60. The Labute approximate surface area is 119 Å². The molecule has 1 aliphatic carbocycles. The summed E-state index contributed by atoms with van der Waals surface area (Å²) in [5.41, 5.74) is -0.0141. The highest BCUT2D eigenvalue weighted by atomic mass is 16.3. The normalized spacial score (nSPS) is 27.6. The molecule has 1 aliphatic rings. The Morgan fingerprint density at radius 2 is 2.05 bits per heavy atom. The molecule has 114 valence electrons. The van der Waals surface area contributed by atoms with Gasteiger partial charge in [-0.1, -0.05) is 34.1 Å². The van der Waals surface area contributed by atoms with Crippen LogP contribution in [0.15, 0.2) is 0 Å². The van der Waals surface area contributed by atoms with Gasteiger partial charge in [-0.25, -0.2) is 0 Å². The first-order valence-corrected chi connectivity index (χ1v) is 8.18. The molecule has 2 atom stereocenters. The van der Waals surface area contributed by atoms with E-state index in [0.29, 0.717) is 12.0 Å². The molecular weight excluding hydrogens is 236 g/mol. The van der Waals surface area contributed by atoms with Crippen molar-refractivity contribution in [3.63, 3.8) is 0 Å². The lowest BCUT2D eigenvalue weighted by Crippen LogP contribution is -2.54. The van der Waals surface area contributed by atoms with Gasteiger partial charge in [0, 0.05) is 11.6 Å². The first-order valence-electron chi connectivity index (χ1n) is 8.18. The zero-order valence-corrected chi connectivity index (χ0v) is 13.4. The largest absolute Gasteiger partial charge is 0.394 e. The molecule has 1 saturated carbocycles. The lowest BCUT2D eigenvalue weighted by atomic mass is 9.84. The Morgan fingerprint density at radius 1 is 1.32 bits per heavy atom. The predicted octanol–water partition coefficient (Wildman–Crippen LogP) is 2.64. The molecule has 1 fully saturated rings. The minimum Gasteiger partial charge on any atom is -0.394 e. The van der Waals surface area contributed by atoms with Crippen LogP contribution in [0.3, 0.4) is 0 Å². The topological polar surface area (TPSA) is 35.5 Å². The quantitative estimate of drug-likeness (QED) is 0.676. The first-order chi connectivity index (χ1) is 9.07. The minimum atomic E-state index is -0.0141. The number of nitrogens with zero attached hydrogens (tertiary/aromatic N) is 1. The molecule has 0 spiro atoms. The summed E-state index contributed by atoms with van der Waals surface area (Å²) in [5, 5.41) is 13.5. The highest BCUT2D eigenvalue weighted by Crippen LogP contribution is 2.38. The van der Waals surface area contributed by atoms with Gasteiger partial charge in [0.2, 0.25) is 0 Å². The van der Waals surface area contributed by atoms with E-state index in [1.165, 1.54) is 38.8 Å². The van der Waals surface area contributed by atoms with E-state index in [4.69, 9.17) is 0 Å². The molecule has 2 unspecified atom stereocenters. The van der Waals surface area contributed by atoms with Crippen molar-refractivity contribution in [2.24, 2.45) is 5.92 Å². The van der Waals surface area contributed by atoms with Crippen molar-refractivity contribution in [1.29, 1.82) is 0 Å². The van der Waals surface area contributed by atoms with Crippen molar-refractivity contribution in [3.05, 3.63) is 0 Å². The highest BCUT2D eigenvalue weighted by molar-refractivity contribution is 4.99. The molecule has 0 aromatic rings. The van der Waals surface area contributed by atoms with E-state index in [0.717, 1.165) is 13.0 Å². The van der Waals surface area contributed by atoms with Gasteiger partial charge in [0.05, 0.1) is 6.61 Å². The van der Waals surface area contributed by atoms with Gasteiger partial charge in [0.1, 0.15) is 0 Å². The maximum atomic E-state index is 9.89. The van der Waals surface area contributed by atoms with Crippen molar-refractivity contribution in [2.45, 2.75) is 71.4 Å². The van der Waals surface area contributed by atoms with E-state index in [-0.39, 0.29) is 12.1 Å². The predicted molar refractivity (Wildman–Crippen MR) is 82.5 cm³/mol. The Kier molecular flexibility index (Phi) is 7.33. The molecule has 2 N–H and O–H groups in total. The van der Waals surface area contributed by atoms with Crippen molar-refractivity contribution in [1.82, 2.24) is 10.2 Å². The third-order valence-electron chi connectivity index (χ3n) is 4.60. The molecule has 19 heavy (non-hydrogen) atoms. The summed E-state index contributed by atoms with van der Waals surface area (Å²) in [7, 11) is 0. The highest BCUT2D eigenvalue weighted by Gasteiger charge is 2.42. The second-order valence-electron chi connectivity index (χ2n) is 6.43. The molecule has 0 aromatic carbocycles.